The minimum atomic E-state index is 1.13. The van der Waals surface area contributed by atoms with Crippen molar-refractivity contribution in [3.8, 4) is 11.1 Å². The largest absolute Gasteiger partial charge is 0.310 e. The fourth-order valence-corrected chi connectivity index (χ4v) is 5.61. The fourth-order valence-electron chi connectivity index (χ4n) is 5.61. The molecule has 0 aliphatic carbocycles. The van der Waals surface area contributed by atoms with E-state index in [0.717, 1.165) is 34.1 Å². The molecule has 0 saturated carbocycles. The van der Waals surface area contributed by atoms with Crippen LogP contribution in [0, 0.1) is 27.7 Å². The van der Waals surface area contributed by atoms with Crippen LogP contribution in [0.5, 0.6) is 0 Å². The minimum absolute atomic E-state index is 1.13. The Morgan fingerprint density at radius 2 is 0.524 bits per heavy atom. The first kappa shape index (κ1) is 27.1. The van der Waals surface area contributed by atoms with Crippen LogP contribution in [0.25, 0.3) is 11.1 Å². The summed E-state index contributed by atoms with van der Waals surface area (Å²) < 4.78 is 0. The SMILES string of the molecule is Cc1cccc(N(c2cccc(C)c2)c2cccc(-c3cccc(N(c4cccc(C)c4)c4cccc(C)c4)c3)c2)c1. The average molecular weight is 545 g/mol. The van der Waals surface area contributed by atoms with E-state index in [1.807, 2.05) is 0 Å². The first-order chi connectivity index (χ1) is 20.4. The van der Waals surface area contributed by atoms with Gasteiger partial charge in [0.05, 0.1) is 0 Å². The first-order valence-electron chi connectivity index (χ1n) is 14.5. The first-order valence-corrected chi connectivity index (χ1v) is 14.5. The topological polar surface area (TPSA) is 6.48 Å². The molecule has 0 atom stereocenters. The molecule has 6 aromatic rings. The van der Waals surface area contributed by atoms with Gasteiger partial charge in [-0.25, -0.2) is 0 Å². The van der Waals surface area contributed by atoms with E-state index >= 15 is 0 Å². The average Bonchev–Trinajstić information content (AvgIpc) is 2.98. The number of rotatable bonds is 7. The third-order valence-electron chi connectivity index (χ3n) is 7.58. The van der Waals surface area contributed by atoms with Crippen molar-refractivity contribution < 1.29 is 0 Å². The highest BCUT2D eigenvalue weighted by Gasteiger charge is 2.16. The molecule has 0 amide bonds. The van der Waals surface area contributed by atoms with Crippen LogP contribution in [0.15, 0.2) is 146 Å². The van der Waals surface area contributed by atoms with E-state index in [9.17, 15) is 0 Å². The standard InChI is InChI=1S/C40H36N2/c1-29-11-5-17-35(23-29)41(36-18-6-12-30(2)24-36)39-21-9-15-33(27-39)34-16-10-22-40(28-34)42(37-19-7-13-31(3)25-37)38-20-8-14-32(4)26-38/h5-28H,1-4H3. The van der Waals surface area contributed by atoms with Crippen molar-refractivity contribution in [1.29, 1.82) is 0 Å². The van der Waals surface area contributed by atoms with Crippen molar-refractivity contribution in [3.05, 3.63) is 168 Å². The van der Waals surface area contributed by atoms with E-state index in [1.54, 1.807) is 0 Å². The maximum Gasteiger partial charge on any atom is 0.0467 e. The van der Waals surface area contributed by atoms with E-state index in [-0.39, 0.29) is 0 Å². The number of hydrogen-bond acceptors (Lipinski definition) is 2. The Bertz CT molecular complexity index is 1620. The maximum atomic E-state index is 2.35. The zero-order chi connectivity index (χ0) is 29.1. The van der Waals surface area contributed by atoms with Crippen LogP contribution in [0.2, 0.25) is 0 Å². The Morgan fingerprint density at radius 3 is 0.786 bits per heavy atom. The van der Waals surface area contributed by atoms with Crippen molar-refractivity contribution in [2.45, 2.75) is 27.7 Å². The number of hydrogen-bond donors (Lipinski definition) is 0. The third kappa shape index (κ3) is 5.84. The Labute approximate surface area is 250 Å². The normalized spacial score (nSPS) is 10.9. The lowest BCUT2D eigenvalue weighted by Crippen LogP contribution is -2.11. The summed E-state index contributed by atoms with van der Waals surface area (Å²) in [5.74, 6) is 0. The lowest BCUT2D eigenvalue weighted by molar-refractivity contribution is 1.26. The highest BCUT2D eigenvalue weighted by Crippen LogP contribution is 2.40. The van der Waals surface area contributed by atoms with Crippen LogP contribution in [0.3, 0.4) is 0 Å². The van der Waals surface area contributed by atoms with Gasteiger partial charge in [-0.3, -0.25) is 0 Å². The Balaban J connectivity index is 1.45. The Kier molecular flexibility index (Phi) is 7.62. The molecule has 0 aliphatic rings. The Morgan fingerprint density at radius 1 is 0.286 bits per heavy atom. The van der Waals surface area contributed by atoms with Gasteiger partial charge in [-0.2, -0.15) is 0 Å². The minimum Gasteiger partial charge on any atom is -0.310 e. The van der Waals surface area contributed by atoms with E-state index in [4.69, 9.17) is 0 Å². The number of aryl methyl sites for hydroxylation is 4. The molecule has 2 heteroatoms. The number of benzene rings is 6. The van der Waals surface area contributed by atoms with Gasteiger partial charge in [0, 0.05) is 34.1 Å². The molecule has 0 radical (unpaired) electrons. The van der Waals surface area contributed by atoms with Gasteiger partial charge in [0.25, 0.3) is 0 Å². The van der Waals surface area contributed by atoms with Gasteiger partial charge in [0.2, 0.25) is 0 Å². The molecular weight excluding hydrogens is 508 g/mol. The second-order valence-corrected chi connectivity index (χ2v) is 11.1. The second-order valence-electron chi connectivity index (χ2n) is 11.1. The predicted molar refractivity (Wildman–Crippen MR) is 180 cm³/mol. The fraction of sp³-hybridized carbons (Fsp3) is 0.100. The number of anilines is 6. The Hall–Kier alpha value is -5.08. The quantitative estimate of drug-likeness (QED) is 0.197. The van der Waals surface area contributed by atoms with E-state index < -0.39 is 0 Å². The monoisotopic (exact) mass is 544 g/mol. The van der Waals surface area contributed by atoms with Gasteiger partial charge in [-0.1, -0.05) is 72.8 Å². The van der Waals surface area contributed by atoms with Crippen molar-refractivity contribution in [2.24, 2.45) is 0 Å². The highest BCUT2D eigenvalue weighted by atomic mass is 15.1. The van der Waals surface area contributed by atoms with Crippen LogP contribution >= 0.6 is 0 Å². The molecule has 0 heterocycles. The molecular formula is C40H36N2. The van der Waals surface area contributed by atoms with Gasteiger partial charge in [-0.05, 0) is 134 Å². The molecule has 0 bridgehead atoms. The van der Waals surface area contributed by atoms with Crippen molar-refractivity contribution in [3.63, 3.8) is 0 Å². The third-order valence-corrected chi connectivity index (χ3v) is 7.58. The molecule has 0 aromatic heterocycles. The summed E-state index contributed by atoms with van der Waals surface area (Å²) in [5, 5.41) is 0. The van der Waals surface area contributed by atoms with Gasteiger partial charge in [-0.15, -0.1) is 0 Å². The molecule has 0 saturated heterocycles. The molecule has 206 valence electrons. The van der Waals surface area contributed by atoms with Crippen LogP contribution < -0.4 is 9.80 Å². The smallest absolute Gasteiger partial charge is 0.0467 e. The molecule has 0 fully saturated rings. The summed E-state index contributed by atoms with van der Waals surface area (Å²) in [6.07, 6.45) is 0. The number of nitrogens with zero attached hydrogens (tertiary/aromatic N) is 2. The summed E-state index contributed by atoms with van der Waals surface area (Å²) in [7, 11) is 0. The molecule has 6 aromatic carbocycles. The lowest BCUT2D eigenvalue weighted by atomic mass is 10.0. The highest BCUT2D eigenvalue weighted by molar-refractivity contribution is 5.83. The van der Waals surface area contributed by atoms with Gasteiger partial charge in [0.1, 0.15) is 0 Å². The molecule has 0 spiro atoms. The zero-order valence-corrected chi connectivity index (χ0v) is 24.8. The van der Waals surface area contributed by atoms with Gasteiger partial charge < -0.3 is 9.80 Å². The van der Waals surface area contributed by atoms with Crippen LogP contribution in [-0.4, -0.2) is 0 Å². The predicted octanol–water partition coefficient (Wildman–Crippen LogP) is 11.5. The second kappa shape index (κ2) is 11.8. The molecule has 42 heavy (non-hydrogen) atoms. The van der Waals surface area contributed by atoms with Crippen LogP contribution in [0.1, 0.15) is 22.3 Å². The van der Waals surface area contributed by atoms with Crippen LogP contribution in [0.4, 0.5) is 34.1 Å². The van der Waals surface area contributed by atoms with Crippen molar-refractivity contribution in [1.82, 2.24) is 0 Å². The van der Waals surface area contributed by atoms with Crippen LogP contribution in [-0.2, 0) is 0 Å². The van der Waals surface area contributed by atoms with Gasteiger partial charge >= 0.3 is 0 Å². The lowest BCUT2D eigenvalue weighted by Gasteiger charge is -2.27. The van der Waals surface area contributed by atoms with E-state index in [2.05, 4.69) is 183 Å². The molecule has 0 N–H and O–H groups in total. The van der Waals surface area contributed by atoms with Crippen molar-refractivity contribution >= 4 is 34.1 Å². The summed E-state index contributed by atoms with van der Waals surface area (Å²) in [6.45, 7) is 8.59. The zero-order valence-electron chi connectivity index (χ0n) is 24.8. The van der Waals surface area contributed by atoms with Crippen molar-refractivity contribution in [2.75, 3.05) is 9.80 Å². The molecule has 2 nitrogen and oxygen atoms in total. The summed E-state index contributed by atoms with van der Waals surface area (Å²) in [5.41, 5.74) is 14.2. The van der Waals surface area contributed by atoms with E-state index in [1.165, 1.54) is 33.4 Å². The summed E-state index contributed by atoms with van der Waals surface area (Å²) >= 11 is 0. The molecule has 0 unspecified atom stereocenters. The van der Waals surface area contributed by atoms with E-state index in [0.29, 0.717) is 0 Å². The molecule has 0 aliphatic heterocycles. The molecule has 6 rings (SSSR count). The maximum absolute atomic E-state index is 2.35. The summed E-state index contributed by atoms with van der Waals surface area (Å²) in [6, 6.07) is 52.6. The van der Waals surface area contributed by atoms with Gasteiger partial charge in [0.15, 0.2) is 0 Å². The summed E-state index contributed by atoms with van der Waals surface area (Å²) in [4.78, 5) is 4.69.